The molecule has 22 heavy (non-hydrogen) atoms. The number of aromatic nitrogens is 1. The van der Waals surface area contributed by atoms with Crippen molar-refractivity contribution < 1.29 is 14.7 Å². The predicted octanol–water partition coefficient (Wildman–Crippen LogP) is 3.29. The van der Waals surface area contributed by atoms with Crippen molar-refractivity contribution in [2.45, 2.75) is 23.6 Å². The van der Waals surface area contributed by atoms with Crippen LogP contribution >= 0.6 is 11.8 Å². The SMILES string of the molecule is CCC(Sc1ccccn1)C(=O)Nc1cccc(C(=O)O)c1. The Labute approximate surface area is 132 Å². The van der Waals surface area contributed by atoms with E-state index in [2.05, 4.69) is 10.3 Å². The second-order valence-electron chi connectivity index (χ2n) is 4.56. The molecule has 0 aliphatic carbocycles. The number of pyridine rings is 1. The highest BCUT2D eigenvalue weighted by Crippen LogP contribution is 2.24. The minimum absolute atomic E-state index is 0.142. The van der Waals surface area contributed by atoms with E-state index in [0.717, 1.165) is 5.03 Å². The molecule has 0 aliphatic rings. The number of carboxylic acids is 1. The normalized spacial score (nSPS) is 11.7. The summed E-state index contributed by atoms with van der Waals surface area (Å²) in [4.78, 5) is 27.5. The summed E-state index contributed by atoms with van der Waals surface area (Å²) in [6, 6.07) is 11.7. The third-order valence-electron chi connectivity index (χ3n) is 2.94. The van der Waals surface area contributed by atoms with Crippen LogP contribution < -0.4 is 5.32 Å². The number of hydrogen-bond donors (Lipinski definition) is 2. The van der Waals surface area contributed by atoms with E-state index in [9.17, 15) is 9.59 Å². The van der Waals surface area contributed by atoms with Crippen LogP contribution in [0.2, 0.25) is 0 Å². The van der Waals surface area contributed by atoms with Crippen molar-refractivity contribution in [3.8, 4) is 0 Å². The van der Waals surface area contributed by atoms with Crippen LogP contribution in [0.25, 0.3) is 0 Å². The first-order valence-corrected chi connectivity index (χ1v) is 7.70. The summed E-state index contributed by atoms with van der Waals surface area (Å²) in [5.74, 6) is -1.19. The number of amides is 1. The Balaban J connectivity index is 2.06. The maximum atomic E-state index is 12.3. The van der Waals surface area contributed by atoms with Crippen molar-refractivity contribution in [3.63, 3.8) is 0 Å². The van der Waals surface area contributed by atoms with Crippen molar-refractivity contribution in [2.75, 3.05) is 5.32 Å². The average molecular weight is 316 g/mol. The fraction of sp³-hybridized carbons (Fsp3) is 0.188. The Morgan fingerprint density at radius 3 is 2.73 bits per heavy atom. The van der Waals surface area contributed by atoms with Gasteiger partial charge in [-0.15, -0.1) is 0 Å². The molecule has 5 nitrogen and oxygen atoms in total. The molecule has 0 bridgehead atoms. The Morgan fingerprint density at radius 1 is 1.27 bits per heavy atom. The van der Waals surface area contributed by atoms with E-state index in [4.69, 9.17) is 5.11 Å². The Hall–Kier alpha value is -2.34. The number of carbonyl (C=O) groups excluding carboxylic acids is 1. The molecule has 1 amide bonds. The van der Waals surface area contributed by atoms with E-state index in [1.165, 1.54) is 23.9 Å². The topological polar surface area (TPSA) is 79.3 Å². The van der Waals surface area contributed by atoms with Gasteiger partial charge < -0.3 is 10.4 Å². The molecular formula is C16H16N2O3S. The van der Waals surface area contributed by atoms with Crippen molar-refractivity contribution >= 4 is 29.3 Å². The summed E-state index contributed by atoms with van der Waals surface area (Å²) in [7, 11) is 0. The standard InChI is InChI=1S/C16H16N2O3S/c1-2-13(22-14-8-3-4-9-17-14)15(19)18-12-7-5-6-11(10-12)16(20)21/h3-10,13H,2H2,1H3,(H,18,19)(H,20,21). The summed E-state index contributed by atoms with van der Waals surface area (Å²) < 4.78 is 0. The molecule has 0 saturated carbocycles. The zero-order chi connectivity index (χ0) is 15.9. The molecule has 0 saturated heterocycles. The fourth-order valence-corrected chi connectivity index (χ4v) is 2.74. The van der Waals surface area contributed by atoms with Crippen LogP contribution in [0.5, 0.6) is 0 Å². The van der Waals surface area contributed by atoms with Gasteiger partial charge in [0.2, 0.25) is 5.91 Å². The van der Waals surface area contributed by atoms with E-state index in [-0.39, 0.29) is 16.7 Å². The van der Waals surface area contributed by atoms with Crippen LogP contribution in [0.15, 0.2) is 53.7 Å². The Morgan fingerprint density at radius 2 is 2.09 bits per heavy atom. The molecule has 1 heterocycles. The summed E-state index contributed by atoms with van der Waals surface area (Å²) in [5.41, 5.74) is 0.619. The van der Waals surface area contributed by atoms with Gasteiger partial charge >= 0.3 is 5.97 Å². The van der Waals surface area contributed by atoms with Gasteiger partial charge in [-0.2, -0.15) is 0 Å². The zero-order valence-electron chi connectivity index (χ0n) is 12.0. The van der Waals surface area contributed by atoms with Crippen LogP contribution in [0.4, 0.5) is 5.69 Å². The van der Waals surface area contributed by atoms with Gasteiger partial charge in [0.1, 0.15) is 0 Å². The predicted molar refractivity (Wildman–Crippen MR) is 86.2 cm³/mol. The summed E-state index contributed by atoms with van der Waals surface area (Å²) in [6.45, 7) is 1.92. The molecule has 0 fully saturated rings. The molecule has 6 heteroatoms. The lowest BCUT2D eigenvalue weighted by molar-refractivity contribution is -0.115. The summed E-state index contributed by atoms with van der Waals surface area (Å²) in [6.07, 6.45) is 2.33. The Kier molecular flexibility index (Phi) is 5.55. The number of hydrogen-bond acceptors (Lipinski definition) is 4. The first-order valence-electron chi connectivity index (χ1n) is 6.82. The molecule has 1 aromatic carbocycles. The molecule has 2 rings (SSSR count). The number of nitrogens with one attached hydrogen (secondary N) is 1. The van der Waals surface area contributed by atoms with Gasteiger partial charge in [-0.1, -0.05) is 30.8 Å². The maximum Gasteiger partial charge on any atom is 0.335 e. The van der Waals surface area contributed by atoms with Gasteiger partial charge in [-0.25, -0.2) is 9.78 Å². The molecule has 1 aromatic heterocycles. The van der Waals surface area contributed by atoms with Crippen LogP contribution in [-0.4, -0.2) is 27.2 Å². The molecule has 2 aromatic rings. The highest BCUT2D eigenvalue weighted by Gasteiger charge is 2.19. The van der Waals surface area contributed by atoms with E-state index in [1.807, 2.05) is 25.1 Å². The average Bonchev–Trinajstić information content (AvgIpc) is 2.53. The number of carbonyl (C=O) groups is 2. The number of rotatable bonds is 6. The Bertz CT molecular complexity index is 661. The van der Waals surface area contributed by atoms with Gasteiger partial charge in [-0.05, 0) is 36.8 Å². The van der Waals surface area contributed by atoms with Crippen molar-refractivity contribution in [3.05, 3.63) is 54.2 Å². The van der Waals surface area contributed by atoms with Gasteiger partial charge in [0.15, 0.2) is 0 Å². The molecule has 114 valence electrons. The van der Waals surface area contributed by atoms with E-state index in [1.54, 1.807) is 18.3 Å². The second-order valence-corrected chi connectivity index (χ2v) is 5.78. The number of thioether (sulfide) groups is 1. The first kappa shape index (κ1) is 16.0. The molecule has 0 radical (unpaired) electrons. The number of carboxylic acid groups (broad SMARTS) is 1. The lowest BCUT2D eigenvalue weighted by Gasteiger charge is -2.14. The monoisotopic (exact) mass is 316 g/mol. The molecule has 0 aliphatic heterocycles. The molecule has 1 unspecified atom stereocenters. The summed E-state index contributed by atoms with van der Waals surface area (Å²) >= 11 is 1.39. The van der Waals surface area contributed by atoms with Crippen LogP contribution in [-0.2, 0) is 4.79 Å². The highest BCUT2D eigenvalue weighted by molar-refractivity contribution is 8.00. The lowest BCUT2D eigenvalue weighted by Crippen LogP contribution is -2.24. The van der Waals surface area contributed by atoms with Gasteiger partial charge in [0.05, 0.1) is 15.8 Å². The summed E-state index contributed by atoms with van der Waals surface area (Å²) in [5, 5.41) is 12.2. The van der Waals surface area contributed by atoms with E-state index >= 15 is 0 Å². The van der Waals surface area contributed by atoms with Crippen molar-refractivity contribution in [1.29, 1.82) is 0 Å². The minimum atomic E-state index is -1.02. The lowest BCUT2D eigenvalue weighted by atomic mass is 10.2. The molecular weight excluding hydrogens is 300 g/mol. The number of nitrogens with zero attached hydrogens (tertiary/aromatic N) is 1. The molecule has 1 atom stereocenters. The first-order chi connectivity index (χ1) is 10.6. The van der Waals surface area contributed by atoms with Crippen LogP contribution in [0.1, 0.15) is 23.7 Å². The molecule has 0 spiro atoms. The maximum absolute atomic E-state index is 12.3. The van der Waals surface area contributed by atoms with Gasteiger partial charge in [0.25, 0.3) is 0 Å². The van der Waals surface area contributed by atoms with Crippen LogP contribution in [0.3, 0.4) is 0 Å². The quantitative estimate of drug-likeness (QED) is 0.799. The number of anilines is 1. The number of aromatic carboxylic acids is 1. The van der Waals surface area contributed by atoms with Crippen molar-refractivity contribution in [2.24, 2.45) is 0 Å². The van der Waals surface area contributed by atoms with E-state index in [0.29, 0.717) is 12.1 Å². The third-order valence-corrected chi connectivity index (χ3v) is 4.26. The fourth-order valence-electron chi connectivity index (χ4n) is 1.84. The van der Waals surface area contributed by atoms with Gasteiger partial charge in [-0.3, -0.25) is 4.79 Å². The zero-order valence-corrected chi connectivity index (χ0v) is 12.8. The highest BCUT2D eigenvalue weighted by atomic mass is 32.2. The largest absolute Gasteiger partial charge is 0.478 e. The number of benzene rings is 1. The molecule has 2 N–H and O–H groups in total. The minimum Gasteiger partial charge on any atom is -0.478 e. The second kappa shape index (κ2) is 7.61. The smallest absolute Gasteiger partial charge is 0.335 e. The van der Waals surface area contributed by atoms with E-state index < -0.39 is 5.97 Å². The third kappa shape index (κ3) is 4.33. The van der Waals surface area contributed by atoms with Gasteiger partial charge in [0, 0.05) is 11.9 Å². The van der Waals surface area contributed by atoms with Crippen molar-refractivity contribution in [1.82, 2.24) is 4.98 Å². The van der Waals surface area contributed by atoms with Crippen LogP contribution in [0, 0.1) is 0 Å².